The summed E-state index contributed by atoms with van der Waals surface area (Å²) in [6.45, 7) is 3.47. The van der Waals surface area contributed by atoms with Gasteiger partial charge in [0.25, 0.3) is 0 Å². The lowest BCUT2D eigenvalue weighted by Gasteiger charge is -2.07. The van der Waals surface area contributed by atoms with Gasteiger partial charge in [-0.1, -0.05) is 12.1 Å². The van der Waals surface area contributed by atoms with Crippen LogP contribution in [0.25, 0.3) is 11.0 Å². The number of benzene rings is 1. The maximum absolute atomic E-state index is 11.7. The van der Waals surface area contributed by atoms with E-state index in [9.17, 15) is 13.2 Å². The number of hydrogen-bond donors (Lipinski definition) is 2. The molecule has 7 nitrogen and oxygen atoms in total. The van der Waals surface area contributed by atoms with Gasteiger partial charge in [-0.3, -0.25) is 4.79 Å². The van der Waals surface area contributed by atoms with Crippen molar-refractivity contribution in [3.63, 3.8) is 0 Å². The number of carbonyl (C=O) groups is 1. The second kappa shape index (κ2) is 7.56. The van der Waals surface area contributed by atoms with Gasteiger partial charge in [-0.25, -0.2) is 18.1 Å². The molecule has 0 bridgehead atoms. The van der Waals surface area contributed by atoms with Gasteiger partial charge in [0.15, 0.2) is 0 Å². The third-order valence-corrected chi connectivity index (χ3v) is 4.17. The number of aromatic nitrogens is 2. The zero-order valence-electron chi connectivity index (χ0n) is 13.4. The monoisotopic (exact) mass is 338 g/mol. The van der Waals surface area contributed by atoms with Crippen LogP contribution in [0.3, 0.4) is 0 Å². The molecule has 126 valence electrons. The zero-order chi connectivity index (χ0) is 16.9. The van der Waals surface area contributed by atoms with Crippen LogP contribution < -0.4 is 10.0 Å². The molecule has 0 saturated carbocycles. The van der Waals surface area contributed by atoms with E-state index in [2.05, 4.69) is 26.5 Å². The van der Waals surface area contributed by atoms with E-state index >= 15 is 0 Å². The Balaban J connectivity index is 1.85. The van der Waals surface area contributed by atoms with Crippen molar-refractivity contribution < 1.29 is 13.2 Å². The van der Waals surface area contributed by atoms with Crippen molar-refractivity contribution in [3.05, 3.63) is 30.1 Å². The molecule has 1 heterocycles. The molecule has 1 amide bonds. The fraction of sp³-hybridized carbons (Fsp3) is 0.467. The van der Waals surface area contributed by atoms with Crippen LogP contribution in [-0.2, 0) is 27.8 Å². The van der Waals surface area contributed by atoms with Crippen molar-refractivity contribution >= 4 is 27.0 Å². The van der Waals surface area contributed by atoms with E-state index in [1.807, 2.05) is 24.3 Å². The Hall–Kier alpha value is -1.93. The Labute approximate surface area is 136 Å². The molecule has 2 rings (SSSR count). The van der Waals surface area contributed by atoms with Crippen molar-refractivity contribution in [3.8, 4) is 0 Å². The largest absolute Gasteiger partial charge is 0.356 e. The van der Waals surface area contributed by atoms with E-state index in [4.69, 9.17) is 0 Å². The van der Waals surface area contributed by atoms with Crippen LogP contribution in [0.15, 0.2) is 24.3 Å². The number of hydrogen-bond acceptors (Lipinski definition) is 4. The van der Waals surface area contributed by atoms with Crippen LogP contribution in [0.2, 0.25) is 0 Å². The number of fused-ring (bicyclic) bond motifs is 1. The lowest BCUT2D eigenvalue weighted by atomic mass is 10.3. The minimum absolute atomic E-state index is 0.109. The third-order valence-electron chi connectivity index (χ3n) is 3.44. The molecule has 23 heavy (non-hydrogen) atoms. The lowest BCUT2D eigenvalue weighted by molar-refractivity contribution is -0.120. The number of amides is 1. The number of rotatable bonds is 8. The van der Waals surface area contributed by atoms with Gasteiger partial charge in [-0.05, 0) is 19.1 Å². The molecule has 0 saturated heterocycles. The SMILES string of the molecule is CCn1c(CCNC(=O)CCNS(C)(=O)=O)nc2ccccc21. The van der Waals surface area contributed by atoms with Crippen molar-refractivity contribution in [2.75, 3.05) is 19.3 Å². The van der Waals surface area contributed by atoms with Crippen molar-refractivity contribution in [1.82, 2.24) is 19.6 Å². The lowest BCUT2D eigenvalue weighted by Crippen LogP contribution is -2.31. The topological polar surface area (TPSA) is 93.1 Å². The van der Waals surface area contributed by atoms with Gasteiger partial charge in [0.1, 0.15) is 5.82 Å². The number of nitrogens with zero attached hydrogens (tertiary/aromatic N) is 2. The minimum atomic E-state index is -3.25. The van der Waals surface area contributed by atoms with Crippen LogP contribution in [0, 0.1) is 0 Å². The molecule has 1 aromatic carbocycles. The van der Waals surface area contributed by atoms with Gasteiger partial charge in [0, 0.05) is 32.5 Å². The molecule has 0 radical (unpaired) electrons. The summed E-state index contributed by atoms with van der Waals surface area (Å²) < 4.78 is 26.3. The normalized spacial score (nSPS) is 11.7. The number of para-hydroxylation sites is 2. The van der Waals surface area contributed by atoms with E-state index in [1.54, 1.807) is 0 Å². The summed E-state index contributed by atoms with van der Waals surface area (Å²) in [5, 5.41) is 2.79. The van der Waals surface area contributed by atoms with Gasteiger partial charge < -0.3 is 9.88 Å². The fourth-order valence-corrected chi connectivity index (χ4v) is 2.89. The highest BCUT2D eigenvalue weighted by Crippen LogP contribution is 2.15. The van der Waals surface area contributed by atoms with E-state index in [0.717, 1.165) is 29.7 Å². The third kappa shape index (κ3) is 5.04. The highest BCUT2D eigenvalue weighted by molar-refractivity contribution is 7.88. The van der Waals surface area contributed by atoms with Gasteiger partial charge in [-0.15, -0.1) is 0 Å². The molecule has 8 heteroatoms. The first-order valence-electron chi connectivity index (χ1n) is 7.56. The molecule has 0 aliphatic rings. The molecule has 0 atom stereocenters. The fourth-order valence-electron chi connectivity index (χ4n) is 2.42. The molecule has 2 N–H and O–H groups in total. The Bertz CT molecular complexity index is 783. The van der Waals surface area contributed by atoms with Crippen LogP contribution in [0.5, 0.6) is 0 Å². The maximum Gasteiger partial charge on any atom is 0.221 e. The first-order valence-corrected chi connectivity index (χ1v) is 9.45. The molecular formula is C15H22N4O3S. The van der Waals surface area contributed by atoms with E-state index in [0.29, 0.717) is 13.0 Å². The Morgan fingerprint density at radius 2 is 2.00 bits per heavy atom. The Morgan fingerprint density at radius 3 is 2.70 bits per heavy atom. The summed E-state index contributed by atoms with van der Waals surface area (Å²) in [5.41, 5.74) is 2.04. The number of sulfonamides is 1. The summed E-state index contributed by atoms with van der Waals surface area (Å²) in [6.07, 6.45) is 1.82. The molecule has 0 aliphatic heterocycles. The molecule has 0 aliphatic carbocycles. The predicted octanol–water partition coefficient (Wildman–Crippen LogP) is 0.654. The quantitative estimate of drug-likeness (QED) is 0.739. The average molecular weight is 338 g/mol. The average Bonchev–Trinajstić information content (AvgIpc) is 2.83. The smallest absolute Gasteiger partial charge is 0.221 e. The predicted molar refractivity (Wildman–Crippen MR) is 89.6 cm³/mol. The van der Waals surface area contributed by atoms with Gasteiger partial charge in [0.05, 0.1) is 17.3 Å². The standard InChI is InChI=1S/C15H22N4O3S/c1-3-19-13-7-5-4-6-12(13)18-14(19)8-10-16-15(20)9-11-17-23(2,21)22/h4-7,17H,3,8-11H2,1-2H3,(H,16,20). The minimum Gasteiger partial charge on any atom is -0.356 e. The summed E-state index contributed by atoms with van der Waals surface area (Å²) >= 11 is 0. The molecule has 0 spiro atoms. The van der Waals surface area contributed by atoms with Crippen molar-refractivity contribution in [2.45, 2.75) is 26.3 Å². The molecule has 0 unspecified atom stereocenters. The van der Waals surface area contributed by atoms with E-state index in [-0.39, 0.29) is 18.9 Å². The van der Waals surface area contributed by atoms with Crippen LogP contribution in [0.4, 0.5) is 0 Å². The molecule has 0 fully saturated rings. The van der Waals surface area contributed by atoms with Crippen molar-refractivity contribution in [2.24, 2.45) is 0 Å². The zero-order valence-corrected chi connectivity index (χ0v) is 14.2. The van der Waals surface area contributed by atoms with Crippen LogP contribution in [0.1, 0.15) is 19.2 Å². The summed E-state index contributed by atoms with van der Waals surface area (Å²) in [6, 6.07) is 7.94. The Morgan fingerprint density at radius 1 is 1.26 bits per heavy atom. The van der Waals surface area contributed by atoms with E-state index in [1.165, 1.54) is 0 Å². The first kappa shape index (κ1) is 17.4. The summed E-state index contributed by atoms with van der Waals surface area (Å²) in [5.74, 6) is 0.753. The van der Waals surface area contributed by atoms with Crippen LogP contribution in [-0.4, -0.2) is 43.2 Å². The number of nitrogens with one attached hydrogen (secondary N) is 2. The van der Waals surface area contributed by atoms with Gasteiger partial charge >= 0.3 is 0 Å². The van der Waals surface area contributed by atoms with Gasteiger partial charge in [0.2, 0.25) is 15.9 Å². The Kier molecular flexibility index (Phi) is 5.73. The maximum atomic E-state index is 11.7. The molecule has 2 aromatic rings. The van der Waals surface area contributed by atoms with Crippen molar-refractivity contribution in [1.29, 1.82) is 0 Å². The van der Waals surface area contributed by atoms with Crippen LogP contribution >= 0.6 is 0 Å². The number of imidazole rings is 1. The van der Waals surface area contributed by atoms with Gasteiger partial charge in [-0.2, -0.15) is 0 Å². The summed E-state index contributed by atoms with van der Waals surface area (Å²) in [4.78, 5) is 16.3. The van der Waals surface area contributed by atoms with E-state index < -0.39 is 10.0 Å². The molecular weight excluding hydrogens is 316 g/mol. The molecule has 1 aromatic heterocycles. The number of aryl methyl sites for hydroxylation is 1. The number of carbonyl (C=O) groups excluding carboxylic acids is 1. The second-order valence-electron chi connectivity index (χ2n) is 5.28. The first-order chi connectivity index (χ1) is 10.9. The highest BCUT2D eigenvalue weighted by atomic mass is 32.2. The summed E-state index contributed by atoms with van der Waals surface area (Å²) in [7, 11) is -3.25. The second-order valence-corrected chi connectivity index (χ2v) is 7.11. The highest BCUT2D eigenvalue weighted by Gasteiger charge is 2.09.